The van der Waals surface area contributed by atoms with Crippen LogP contribution < -0.4 is 25.6 Å². The van der Waals surface area contributed by atoms with E-state index in [0.717, 1.165) is 27.6 Å². The van der Waals surface area contributed by atoms with Gasteiger partial charge in [0.1, 0.15) is 11.2 Å². The first kappa shape index (κ1) is 32.7. The minimum atomic E-state index is -2.73. The van der Waals surface area contributed by atoms with Gasteiger partial charge in [-0.25, -0.2) is 0 Å². The van der Waals surface area contributed by atoms with Crippen LogP contribution in [0, 0.1) is 13.8 Å². The maximum Gasteiger partial charge on any atom is 0.182 e. The van der Waals surface area contributed by atoms with E-state index in [1.807, 2.05) is 0 Å². The van der Waals surface area contributed by atoms with Gasteiger partial charge in [0, 0.05) is 22.5 Å². The molecule has 280 valence electrons. The molecule has 4 heterocycles. The first-order valence-electron chi connectivity index (χ1n) is 21.1. The van der Waals surface area contributed by atoms with Crippen LogP contribution in [0.25, 0.3) is 55.3 Å². The van der Waals surface area contributed by atoms with Crippen LogP contribution in [0.15, 0.2) is 192 Å². The lowest BCUT2D eigenvalue weighted by atomic mass is 9.64. The standard InChI is InChI=1S/C57H37NOSi/c1-34-23-26-41-42-27-24-35(2)30-55(42)60(54(41)29-34)53-22-12-6-16-40(53)43-28-25-36(31-56(43)60)58-49-20-10-9-19-47(49)57(45-17-7-3-13-37(45)38-14-4-8-18-46(38)57)48-32-44-39-15-5-11-21-51(39)59-52(44)33-50(48)58/h3-33H,1-2H3. The molecule has 0 saturated carbocycles. The summed E-state index contributed by atoms with van der Waals surface area (Å²) in [5.74, 6) is 0. The number of aryl methyl sites for hydroxylation is 2. The molecule has 9 aromatic carbocycles. The topological polar surface area (TPSA) is 16.4 Å². The first-order chi connectivity index (χ1) is 29.6. The lowest BCUT2D eigenvalue weighted by molar-refractivity contribution is 0.667. The van der Waals surface area contributed by atoms with Crippen LogP contribution in [0.5, 0.6) is 0 Å². The smallest absolute Gasteiger partial charge is 0.182 e. The quantitative estimate of drug-likeness (QED) is 0.154. The Hall–Kier alpha value is -7.20. The van der Waals surface area contributed by atoms with Gasteiger partial charge < -0.3 is 9.32 Å². The third-order valence-electron chi connectivity index (χ3n) is 14.4. The van der Waals surface area contributed by atoms with E-state index in [0.29, 0.717) is 0 Å². The van der Waals surface area contributed by atoms with Crippen molar-refractivity contribution in [2.45, 2.75) is 19.3 Å². The second kappa shape index (κ2) is 11.3. The van der Waals surface area contributed by atoms with Gasteiger partial charge in [0.05, 0.1) is 16.8 Å². The zero-order valence-corrected chi connectivity index (χ0v) is 34.3. The summed E-state index contributed by atoms with van der Waals surface area (Å²) in [6, 6.07) is 71.7. The van der Waals surface area contributed by atoms with Gasteiger partial charge in [-0.2, -0.15) is 0 Å². The fourth-order valence-electron chi connectivity index (χ4n) is 12.1. The average molecular weight is 780 g/mol. The van der Waals surface area contributed by atoms with Crippen molar-refractivity contribution in [2.75, 3.05) is 4.90 Å². The number of furan rings is 1. The average Bonchev–Trinajstić information content (AvgIpc) is 3.98. The molecule has 14 rings (SSSR count). The van der Waals surface area contributed by atoms with Gasteiger partial charge >= 0.3 is 0 Å². The van der Waals surface area contributed by atoms with Crippen LogP contribution in [0.1, 0.15) is 33.4 Å². The van der Waals surface area contributed by atoms with E-state index < -0.39 is 13.5 Å². The van der Waals surface area contributed by atoms with Crippen LogP contribution in [0.4, 0.5) is 17.1 Å². The van der Waals surface area contributed by atoms with Gasteiger partial charge in [-0.1, -0.05) is 163 Å². The van der Waals surface area contributed by atoms with Crippen molar-refractivity contribution < 1.29 is 4.42 Å². The first-order valence-corrected chi connectivity index (χ1v) is 23.1. The molecule has 2 spiro atoms. The zero-order chi connectivity index (χ0) is 39.5. The van der Waals surface area contributed by atoms with Crippen molar-refractivity contribution >= 4 is 67.8 Å². The molecule has 0 unspecified atom stereocenters. The van der Waals surface area contributed by atoms with Crippen molar-refractivity contribution in [3.8, 4) is 33.4 Å². The van der Waals surface area contributed by atoms with E-state index in [1.54, 1.807) is 0 Å². The highest BCUT2D eigenvalue weighted by Gasteiger charge is 2.55. The lowest BCUT2D eigenvalue weighted by Crippen LogP contribution is -2.70. The zero-order valence-electron chi connectivity index (χ0n) is 33.3. The number of fused-ring (bicyclic) bond motifs is 22. The molecule has 4 aliphatic rings. The van der Waals surface area contributed by atoms with Gasteiger partial charge in [-0.15, -0.1) is 0 Å². The Morgan fingerprint density at radius 1 is 0.383 bits per heavy atom. The van der Waals surface area contributed by atoms with E-state index in [-0.39, 0.29) is 0 Å². The van der Waals surface area contributed by atoms with E-state index in [2.05, 4.69) is 207 Å². The molecule has 3 aliphatic heterocycles. The lowest BCUT2D eigenvalue weighted by Gasteiger charge is -2.45. The molecule has 0 fully saturated rings. The van der Waals surface area contributed by atoms with Crippen molar-refractivity contribution in [1.82, 2.24) is 0 Å². The van der Waals surface area contributed by atoms with Gasteiger partial charge in [0.25, 0.3) is 0 Å². The minimum absolute atomic E-state index is 0.538. The summed E-state index contributed by atoms with van der Waals surface area (Å²) in [4.78, 5) is 2.56. The molecule has 3 heteroatoms. The maximum atomic E-state index is 6.75. The van der Waals surface area contributed by atoms with Crippen LogP contribution in [0.2, 0.25) is 0 Å². The molecule has 60 heavy (non-hydrogen) atoms. The number of benzene rings is 9. The number of para-hydroxylation sites is 2. The Morgan fingerprint density at radius 3 is 1.65 bits per heavy atom. The van der Waals surface area contributed by atoms with Crippen molar-refractivity contribution in [2.24, 2.45) is 0 Å². The molecular weight excluding hydrogens is 743 g/mol. The highest BCUT2D eigenvalue weighted by Crippen LogP contribution is 2.64. The molecule has 1 aliphatic carbocycles. The summed E-state index contributed by atoms with van der Waals surface area (Å²) in [5.41, 5.74) is 20.7. The summed E-state index contributed by atoms with van der Waals surface area (Å²) in [6.07, 6.45) is 0. The third kappa shape index (κ3) is 3.77. The molecule has 0 atom stereocenters. The van der Waals surface area contributed by atoms with E-state index >= 15 is 0 Å². The Labute approximate surface area is 349 Å². The highest BCUT2D eigenvalue weighted by atomic mass is 28.3. The van der Waals surface area contributed by atoms with Crippen LogP contribution in [-0.4, -0.2) is 8.07 Å². The molecule has 1 aromatic heterocycles. The maximum absolute atomic E-state index is 6.75. The SMILES string of the molecule is Cc1ccc2c(c1)[Si]1(c3ccccc3-c3ccc(N4c5ccccc5C5(c6ccccc6-c6ccccc65)c5cc6c(cc54)oc4ccccc46)cc31)c1cc(C)ccc1-2. The van der Waals surface area contributed by atoms with Crippen molar-refractivity contribution in [1.29, 1.82) is 0 Å². The summed E-state index contributed by atoms with van der Waals surface area (Å²) < 4.78 is 6.75. The van der Waals surface area contributed by atoms with Gasteiger partial charge in [0.15, 0.2) is 8.07 Å². The van der Waals surface area contributed by atoms with E-state index in [4.69, 9.17) is 4.42 Å². The van der Waals surface area contributed by atoms with Crippen molar-refractivity contribution in [3.63, 3.8) is 0 Å². The highest BCUT2D eigenvalue weighted by molar-refractivity contribution is 7.24. The molecule has 0 bridgehead atoms. The Kier molecular flexibility index (Phi) is 6.16. The molecular formula is C57H37NOSi. The number of nitrogens with zero attached hydrogens (tertiary/aromatic N) is 1. The second-order valence-electron chi connectivity index (χ2n) is 17.3. The van der Waals surface area contributed by atoms with Crippen molar-refractivity contribution in [3.05, 3.63) is 221 Å². The fourth-order valence-corrected chi connectivity index (χ4v) is 18.0. The Morgan fingerprint density at radius 2 is 0.933 bits per heavy atom. The predicted molar refractivity (Wildman–Crippen MR) is 250 cm³/mol. The second-order valence-corrected chi connectivity index (χ2v) is 20.9. The molecule has 0 radical (unpaired) electrons. The summed E-state index contributed by atoms with van der Waals surface area (Å²) >= 11 is 0. The van der Waals surface area contributed by atoms with Crippen LogP contribution >= 0.6 is 0 Å². The number of hydrogen-bond donors (Lipinski definition) is 0. The number of hydrogen-bond acceptors (Lipinski definition) is 2. The normalized spacial score (nSPS) is 15.1. The molecule has 10 aromatic rings. The fraction of sp³-hybridized carbons (Fsp3) is 0.0526. The van der Waals surface area contributed by atoms with E-state index in [9.17, 15) is 0 Å². The number of rotatable bonds is 1. The number of anilines is 3. The third-order valence-corrected chi connectivity index (χ3v) is 19.3. The monoisotopic (exact) mass is 779 g/mol. The van der Waals surface area contributed by atoms with Crippen LogP contribution in [0.3, 0.4) is 0 Å². The Balaban J connectivity index is 1.11. The van der Waals surface area contributed by atoms with E-state index in [1.165, 1.54) is 98.9 Å². The molecule has 0 amide bonds. The van der Waals surface area contributed by atoms with Gasteiger partial charge in [0.2, 0.25) is 0 Å². The molecule has 0 saturated heterocycles. The summed E-state index contributed by atoms with van der Waals surface area (Å²) in [6.45, 7) is 4.51. The van der Waals surface area contributed by atoms with Crippen LogP contribution in [-0.2, 0) is 5.41 Å². The minimum Gasteiger partial charge on any atom is -0.456 e. The predicted octanol–water partition coefficient (Wildman–Crippen LogP) is 11.7. The van der Waals surface area contributed by atoms with Gasteiger partial charge in [-0.05, 0) is 121 Å². The Bertz CT molecular complexity index is 3460. The summed E-state index contributed by atoms with van der Waals surface area (Å²) in [7, 11) is -2.73. The largest absolute Gasteiger partial charge is 0.456 e. The molecule has 0 N–H and O–H groups in total. The summed E-state index contributed by atoms with van der Waals surface area (Å²) in [5, 5.41) is 8.27. The molecule has 2 nitrogen and oxygen atoms in total. The van der Waals surface area contributed by atoms with Gasteiger partial charge in [-0.3, -0.25) is 0 Å².